The quantitative estimate of drug-likeness (QED) is 0.736. The van der Waals surface area contributed by atoms with Crippen molar-refractivity contribution in [3.05, 3.63) is 53.8 Å². The second-order valence-corrected chi connectivity index (χ2v) is 4.13. The summed E-state index contributed by atoms with van der Waals surface area (Å²) in [6, 6.07) is 11.6. The summed E-state index contributed by atoms with van der Waals surface area (Å²) in [5.74, 6) is 1.62. The lowest BCUT2D eigenvalue weighted by Gasteiger charge is -2.13. The van der Waals surface area contributed by atoms with Crippen LogP contribution in [0, 0.1) is 5.82 Å². The van der Waals surface area contributed by atoms with Gasteiger partial charge >= 0.3 is 0 Å². The lowest BCUT2D eigenvalue weighted by molar-refractivity contribution is 0.321. The second-order valence-electron chi connectivity index (χ2n) is 3.87. The first kappa shape index (κ1) is 13.7. The normalized spacial score (nSPS) is 10.3. The number of hydrogen-bond acceptors (Lipinski definition) is 2. The van der Waals surface area contributed by atoms with Gasteiger partial charge in [-0.15, -0.1) is 11.6 Å². The number of hydrogen-bond donors (Lipinski definition) is 0. The highest BCUT2D eigenvalue weighted by Gasteiger charge is 2.09. The Labute approximate surface area is 116 Å². The Morgan fingerprint density at radius 1 is 1.05 bits per heavy atom. The molecule has 0 radical (unpaired) electrons. The van der Waals surface area contributed by atoms with Crippen LogP contribution < -0.4 is 9.47 Å². The molecule has 100 valence electrons. The van der Waals surface area contributed by atoms with Crippen molar-refractivity contribution in [1.29, 1.82) is 0 Å². The van der Waals surface area contributed by atoms with Gasteiger partial charge in [0.25, 0.3) is 0 Å². The minimum Gasteiger partial charge on any atom is -0.490 e. The Balaban J connectivity index is 2.30. The maximum absolute atomic E-state index is 13.1. The van der Waals surface area contributed by atoms with E-state index in [2.05, 4.69) is 0 Å². The Hall–Kier alpha value is -1.74. The Morgan fingerprint density at radius 2 is 1.79 bits per heavy atom. The number of ether oxygens (including phenoxy) is 2. The molecule has 0 fully saturated rings. The van der Waals surface area contributed by atoms with E-state index in [0.29, 0.717) is 29.4 Å². The van der Waals surface area contributed by atoms with Crippen molar-refractivity contribution in [1.82, 2.24) is 0 Å². The van der Waals surface area contributed by atoms with E-state index in [-0.39, 0.29) is 11.7 Å². The van der Waals surface area contributed by atoms with E-state index in [9.17, 15) is 4.39 Å². The van der Waals surface area contributed by atoms with Gasteiger partial charge in [0.2, 0.25) is 0 Å². The zero-order valence-electron chi connectivity index (χ0n) is 10.5. The van der Waals surface area contributed by atoms with Gasteiger partial charge < -0.3 is 9.47 Å². The maximum Gasteiger partial charge on any atom is 0.169 e. The largest absolute Gasteiger partial charge is 0.490 e. The third-order valence-corrected chi connectivity index (χ3v) is 2.82. The molecule has 0 heterocycles. The summed E-state index contributed by atoms with van der Waals surface area (Å²) in [6.07, 6.45) is 0. The van der Waals surface area contributed by atoms with Crippen molar-refractivity contribution in [2.45, 2.75) is 12.8 Å². The van der Waals surface area contributed by atoms with Crippen molar-refractivity contribution in [3.63, 3.8) is 0 Å². The molecule has 2 aromatic rings. The molecule has 4 heteroatoms. The van der Waals surface area contributed by atoms with Crippen molar-refractivity contribution in [2.24, 2.45) is 0 Å². The van der Waals surface area contributed by atoms with Gasteiger partial charge in [-0.1, -0.05) is 12.1 Å². The van der Waals surface area contributed by atoms with Crippen molar-refractivity contribution in [2.75, 3.05) is 6.61 Å². The molecule has 0 bridgehead atoms. The lowest BCUT2D eigenvalue weighted by atomic mass is 10.2. The number of para-hydroxylation sites is 2. The third-order valence-electron chi connectivity index (χ3n) is 2.54. The van der Waals surface area contributed by atoms with Crippen LogP contribution >= 0.6 is 11.6 Å². The number of benzene rings is 2. The van der Waals surface area contributed by atoms with Crippen LogP contribution in [0.25, 0.3) is 0 Å². The summed E-state index contributed by atoms with van der Waals surface area (Å²) in [6.45, 7) is 2.45. The number of rotatable bonds is 5. The highest BCUT2D eigenvalue weighted by molar-refractivity contribution is 6.17. The molecule has 0 spiro atoms. The highest BCUT2D eigenvalue weighted by atomic mass is 35.5. The first-order valence-corrected chi connectivity index (χ1v) is 6.52. The molecular weight excluding hydrogens is 267 g/mol. The van der Waals surface area contributed by atoms with Crippen LogP contribution in [-0.2, 0) is 5.88 Å². The molecular formula is C15H14ClFO2. The topological polar surface area (TPSA) is 18.5 Å². The standard InChI is InChI=1S/C15H14ClFO2/c1-2-18-14-5-3-4-6-15(14)19-13-8-7-12(17)9-11(13)10-16/h3-9H,2,10H2,1H3. The predicted molar refractivity (Wildman–Crippen MR) is 73.6 cm³/mol. The molecule has 2 rings (SSSR count). The molecule has 0 aliphatic heterocycles. The van der Waals surface area contributed by atoms with Crippen LogP contribution in [0.15, 0.2) is 42.5 Å². The van der Waals surface area contributed by atoms with E-state index in [1.54, 1.807) is 12.1 Å². The van der Waals surface area contributed by atoms with E-state index < -0.39 is 0 Å². The van der Waals surface area contributed by atoms with Gasteiger partial charge in [0.1, 0.15) is 11.6 Å². The van der Waals surface area contributed by atoms with Gasteiger partial charge in [0.15, 0.2) is 11.5 Å². The average molecular weight is 281 g/mol. The fourth-order valence-corrected chi connectivity index (χ4v) is 1.89. The van der Waals surface area contributed by atoms with Gasteiger partial charge in [-0.05, 0) is 37.3 Å². The molecule has 0 aromatic heterocycles. The molecule has 0 atom stereocenters. The fourth-order valence-electron chi connectivity index (χ4n) is 1.68. The highest BCUT2D eigenvalue weighted by Crippen LogP contribution is 2.33. The Bertz CT molecular complexity index is 558. The average Bonchev–Trinajstić information content (AvgIpc) is 2.43. The minimum absolute atomic E-state index is 0.184. The van der Waals surface area contributed by atoms with Crippen molar-refractivity contribution in [3.8, 4) is 17.2 Å². The third kappa shape index (κ3) is 3.38. The van der Waals surface area contributed by atoms with E-state index in [4.69, 9.17) is 21.1 Å². The van der Waals surface area contributed by atoms with Crippen LogP contribution in [0.1, 0.15) is 12.5 Å². The molecule has 2 aromatic carbocycles. The maximum atomic E-state index is 13.1. The SMILES string of the molecule is CCOc1ccccc1Oc1ccc(F)cc1CCl. The zero-order valence-corrected chi connectivity index (χ0v) is 11.3. The summed E-state index contributed by atoms with van der Waals surface area (Å²) in [4.78, 5) is 0. The van der Waals surface area contributed by atoms with E-state index in [1.807, 2.05) is 25.1 Å². The van der Waals surface area contributed by atoms with Gasteiger partial charge in [-0.2, -0.15) is 0 Å². The zero-order chi connectivity index (χ0) is 13.7. The molecule has 2 nitrogen and oxygen atoms in total. The van der Waals surface area contributed by atoms with Crippen molar-refractivity contribution >= 4 is 11.6 Å². The molecule has 0 aliphatic carbocycles. The predicted octanol–water partition coefficient (Wildman–Crippen LogP) is 4.76. The summed E-state index contributed by atoms with van der Waals surface area (Å²) in [5, 5.41) is 0. The molecule has 0 amide bonds. The summed E-state index contributed by atoms with van der Waals surface area (Å²) >= 11 is 5.79. The van der Waals surface area contributed by atoms with Gasteiger partial charge in [0.05, 0.1) is 12.5 Å². The lowest BCUT2D eigenvalue weighted by Crippen LogP contribution is -1.96. The van der Waals surface area contributed by atoms with Gasteiger partial charge in [0, 0.05) is 5.56 Å². The Morgan fingerprint density at radius 3 is 2.47 bits per heavy atom. The first-order chi connectivity index (χ1) is 9.24. The molecule has 19 heavy (non-hydrogen) atoms. The summed E-state index contributed by atoms with van der Waals surface area (Å²) in [7, 11) is 0. The smallest absolute Gasteiger partial charge is 0.169 e. The van der Waals surface area contributed by atoms with E-state index in [1.165, 1.54) is 12.1 Å². The van der Waals surface area contributed by atoms with Crippen molar-refractivity contribution < 1.29 is 13.9 Å². The molecule has 0 aliphatic rings. The van der Waals surface area contributed by atoms with Gasteiger partial charge in [-0.25, -0.2) is 4.39 Å². The molecule has 0 saturated heterocycles. The molecule has 0 saturated carbocycles. The number of alkyl halides is 1. The Kier molecular flexibility index (Phi) is 4.63. The summed E-state index contributed by atoms with van der Waals surface area (Å²) < 4.78 is 24.4. The van der Waals surface area contributed by atoms with Crippen LogP contribution in [0.2, 0.25) is 0 Å². The van der Waals surface area contributed by atoms with E-state index >= 15 is 0 Å². The van der Waals surface area contributed by atoms with Gasteiger partial charge in [-0.3, -0.25) is 0 Å². The number of halogens is 2. The second kappa shape index (κ2) is 6.43. The fraction of sp³-hybridized carbons (Fsp3) is 0.200. The van der Waals surface area contributed by atoms with Crippen LogP contribution in [-0.4, -0.2) is 6.61 Å². The van der Waals surface area contributed by atoms with Crippen LogP contribution in [0.4, 0.5) is 4.39 Å². The van der Waals surface area contributed by atoms with E-state index in [0.717, 1.165) is 0 Å². The minimum atomic E-state index is -0.332. The van der Waals surface area contributed by atoms with Crippen LogP contribution in [0.3, 0.4) is 0 Å². The summed E-state index contributed by atoms with van der Waals surface area (Å²) in [5.41, 5.74) is 0.605. The molecule has 0 N–H and O–H groups in total. The monoisotopic (exact) mass is 280 g/mol. The first-order valence-electron chi connectivity index (χ1n) is 5.98. The molecule has 0 unspecified atom stereocenters. The van der Waals surface area contributed by atoms with Crippen LogP contribution in [0.5, 0.6) is 17.2 Å².